The summed E-state index contributed by atoms with van der Waals surface area (Å²) in [4.78, 5) is 0. The third-order valence-corrected chi connectivity index (χ3v) is 1.25. The number of hydrogen-bond donors (Lipinski definition) is 0. The van der Waals surface area contributed by atoms with Crippen molar-refractivity contribution < 1.29 is 17.6 Å². The fraction of sp³-hybridized carbons (Fsp3) is 1.00. The van der Waals surface area contributed by atoms with Gasteiger partial charge in [-0.05, 0) is 46.4 Å². The summed E-state index contributed by atoms with van der Waals surface area (Å²) in [6.07, 6.45) is 0. The van der Waals surface area contributed by atoms with E-state index < -0.39 is 14.0 Å². The van der Waals surface area contributed by atoms with Crippen LogP contribution in [0.15, 0.2) is 0 Å². The number of halogens is 10. The van der Waals surface area contributed by atoms with Crippen molar-refractivity contribution >= 4 is 69.6 Å². The van der Waals surface area contributed by atoms with Crippen LogP contribution in [0.25, 0.3) is 0 Å². The SMILES string of the molecule is FC(Cl)(Cl)Cl.FC(F)(Cl)C(F)(Cl)Cl. The molecule has 0 rings (SSSR count). The van der Waals surface area contributed by atoms with Crippen LogP contribution in [0.4, 0.5) is 17.6 Å². The minimum Gasteiger partial charge on any atom is -0.199 e. The molecular weight excluding hydrogens is 325 g/mol. The van der Waals surface area contributed by atoms with Crippen molar-refractivity contribution in [3.05, 3.63) is 0 Å². The van der Waals surface area contributed by atoms with E-state index in [-0.39, 0.29) is 0 Å². The minimum atomic E-state index is -4.23. The van der Waals surface area contributed by atoms with E-state index in [4.69, 9.17) is 0 Å². The topological polar surface area (TPSA) is 0 Å². The fourth-order valence-corrected chi connectivity index (χ4v) is 0. The molecule has 0 unspecified atom stereocenters. The van der Waals surface area contributed by atoms with Gasteiger partial charge >= 0.3 is 14.0 Å². The molecule has 13 heavy (non-hydrogen) atoms. The minimum absolute atomic E-state index is 2.58. The summed E-state index contributed by atoms with van der Waals surface area (Å²) in [6.45, 7) is 0. The summed E-state index contributed by atoms with van der Waals surface area (Å²) < 4.78 is 39.0. The Bertz CT molecular complexity index is 123. The van der Waals surface area contributed by atoms with Crippen LogP contribution in [0.5, 0.6) is 0 Å². The molecule has 0 amide bonds. The first-order valence-electron chi connectivity index (χ1n) is 2.14. The van der Waals surface area contributed by atoms with E-state index >= 15 is 0 Å². The van der Waals surface area contributed by atoms with Crippen LogP contribution in [0, 0.1) is 0 Å². The van der Waals surface area contributed by atoms with Gasteiger partial charge in [0.1, 0.15) is 0 Å². The number of hydrogen-bond acceptors (Lipinski definition) is 0. The molecule has 0 nitrogen and oxygen atoms in total. The largest absolute Gasteiger partial charge is 0.383 e. The van der Waals surface area contributed by atoms with Gasteiger partial charge in [0.05, 0.1) is 0 Å². The zero-order valence-corrected chi connectivity index (χ0v) is 9.82. The molecule has 0 heterocycles. The monoisotopic (exact) mass is 322 g/mol. The maximum absolute atomic E-state index is 11.5. The molecule has 0 aliphatic rings. The van der Waals surface area contributed by atoms with Crippen LogP contribution in [0.3, 0.4) is 0 Å². The number of alkyl halides is 10. The fourth-order valence-electron chi connectivity index (χ4n) is 0. The Hall–Kier alpha value is 1.46. The summed E-state index contributed by atoms with van der Waals surface area (Å²) in [5.41, 5.74) is 0. The van der Waals surface area contributed by atoms with Gasteiger partial charge in [-0.15, -0.1) is 0 Å². The molecule has 0 fully saturated rings. The van der Waals surface area contributed by atoms with Crippen molar-refractivity contribution in [1.29, 1.82) is 0 Å². The van der Waals surface area contributed by atoms with Crippen LogP contribution in [-0.2, 0) is 0 Å². The number of rotatable bonds is 1. The Morgan fingerprint density at radius 3 is 0.692 bits per heavy atom. The quantitative estimate of drug-likeness (QED) is 0.459. The molecule has 10 heteroatoms. The Balaban J connectivity index is 0. The highest BCUT2D eigenvalue weighted by atomic mass is 35.6. The lowest BCUT2D eigenvalue weighted by molar-refractivity contribution is 0.0241. The van der Waals surface area contributed by atoms with Crippen molar-refractivity contribution in [2.45, 2.75) is 14.0 Å². The molecule has 0 saturated carbocycles. The second kappa shape index (κ2) is 5.52. The van der Waals surface area contributed by atoms with Crippen LogP contribution in [-0.4, -0.2) is 14.0 Å². The van der Waals surface area contributed by atoms with Gasteiger partial charge in [0.25, 0.3) is 0 Å². The first-order valence-corrected chi connectivity index (χ1v) is 4.41. The van der Waals surface area contributed by atoms with Crippen molar-refractivity contribution in [3.63, 3.8) is 0 Å². The molecule has 82 valence electrons. The van der Waals surface area contributed by atoms with Crippen molar-refractivity contribution in [1.82, 2.24) is 0 Å². The van der Waals surface area contributed by atoms with Gasteiger partial charge in [0.15, 0.2) is 0 Å². The van der Waals surface area contributed by atoms with Gasteiger partial charge in [-0.2, -0.15) is 17.6 Å². The second-order valence-electron chi connectivity index (χ2n) is 1.42. The lowest BCUT2D eigenvalue weighted by atomic mass is 10.8. The van der Waals surface area contributed by atoms with E-state index in [2.05, 4.69) is 69.6 Å². The lowest BCUT2D eigenvalue weighted by Crippen LogP contribution is -2.27. The van der Waals surface area contributed by atoms with Crippen LogP contribution < -0.4 is 0 Å². The molecule has 0 N–H and O–H groups in total. The van der Waals surface area contributed by atoms with Gasteiger partial charge in [-0.25, -0.2) is 0 Å². The highest BCUT2D eigenvalue weighted by Gasteiger charge is 2.51. The summed E-state index contributed by atoms with van der Waals surface area (Å²) >= 11 is 25.7. The average Bonchev–Trinajstić information content (AvgIpc) is 1.50. The molecule has 0 aliphatic heterocycles. The molecule has 0 bridgehead atoms. The Kier molecular flexibility index (Phi) is 7.16. The molecule has 0 spiro atoms. The van der Waals surface area contributed by atoms with Gasteiger partial charge in [0, 0.05) is 0 Å². The van der Waals surface area contributed by atoms with E-state index in [9.17, 15) is 17.6 Å². The summed E-state index contributed by atoms with van der Waals surface area (Å²) in [7, 11) is 0. The second-order valence-corrected chi connectivity index (χ2v) is 5.28. The van der Waals surface area contributed by atoms with Gasteiger partial charge in [0.2, 0.25) is 0 Å². The molecular formula is C3Cl6F4. The lowest BCUT2D eigenvalue weighted by Gasteiger charge is -2.13. The first kappa shape index (κ1) is 16.9. The standard InChI is InChI=1S/C2Cl3F3.CCl3F/c3-1(4,6)2(5,7)8;2-1(3,4)5. The van der Waals surface area contributed by atoms with Crippen LogP contribution >= 0.6 is 69.6 Å². The van der Waals surface area contributed by atoms with Gasteiger partial charge in [-0.3, -0.25) is 0 Å². The highest BCUT2D eigenvalue weighted by Crippen LogP contribution is 2.42. The van der Waals surface area contributed by atoms with Crippen LogP contribution in [0.2, 0.25) is 0 Å². The predicted octanol–water partition coefficient (Wildman–Crippen LogP) is 5.20. The maximum Gasteiger partial charge on any atom is 0.383 e. The zero-order valence-electron chi connectivity index (χ0n) is 5.28. The smallest absolute Gasteiger partial charge is 0.199 e. The highest BCUT2D eigenvalue weighted by molar-refractivity contribution is 6.66. The van der Waals surface area contributed by atoms with Gasteiger partial charge < -0.3 is 0 Å². The van der Waals surface area contributed by atoms with E-state index in [1.807, 2.05) is 0 Å². The normalized spacial score (nSPS) is 13.4. The third kappa shape index (κ3) is 16.2. The van der Waals surface area contributed by atoms with E-state index in [0.29, 0.717) is 0 Å². The molecule has 0 aromatic heterocycles. The van der Waals surface area contributed by atoms with Crippen molar-refractivity contribution in [2.24, 2.45) is 0 Å². The molecule has 0 aromatic carbocycles. The van der Waals surface area contributed by atoms with Crippen molar-refractivity contribution in [3.8, 4) is 0 Å². The predicted molar refractivity (Wildman–Crippen MR) is 47.7 cm³/mol. The van der Waals surface area contributed by atoms with Crippen LogP contribution in [0.1, 0.15) is 0 Å². The van der Waals surface area contributed by atoms with Crippen molar-refractivity contribution in [2.75, 3.05) is 0 Å². The first-order chi connectivity index (χ1) is 5.25. The Morgan fingerprint density at radius 1 is 0.615 bits per heavy atom. The van der Waals surface area contributed by atoms with E-state index in [0.717, 1.165) is 0 Å². The zero-order chi connectivity index (χ0) is 11.5. The Morgan fingerprint density at radius 2 is 0.692 bits per heavy atom. The molecule has 0 aliphatic carbocycles. The molecule has 0 aromatic rings. The van der Waals surface area contributed by atoms with E-state index in [1.54, 1.807) is 0 Å². The summed E-state index contributed by atoms with van der Waals surface area (Å²) in [5.74, 6) is 0. The molecule has 0 saturated heterocycles. The average molecular weight is 325 g/mol. The summed E-state index contributed by atoms with van der Waals surface area (Å²) in [5, 5.41) is -4.23. The van der Waals surface area contributed by atoms with E-state index in [1.165, 1.54) is 0 Å². The molecule has 0 radical (unpaired) electrons. The van der Waals surface area contributed by atoms with Gasteiger partial charge in [-0.1, -0.05) is 23.2 Å². The third-order valence-electron chi connectivity index (χ3n) is 0.321. The molecule has 0 atom stereocenters. The maximum atomic E-state index is 11.5. The Labute approximate surface area is 101 Å². The summed E-state index contributed by atoms with van der Waals surface area (Å²) in [6, 6.07) is 0.